The first-order valence-corrected chi connectivity index (χ1v) is 6.56. The summed E-state index contributed by atoms with van der Waals surface area (Å²) in [6.45, 7) is 6.41. The van der Waals surface area contributed by atoms with Gasteiger partial charge in [0.2, 0.25) is 0 Å². The Bertz CT molecular complexity index is 514. The van der Waals surface area contributed by atoms with E-state index in [9.17, 15) is 0 Å². The SMILES string of the molecule is CCc1cccc(CC)c1N=C(C)c1ccc[nH]1. The first kappa shape index (κ1) is 12.6. The molecule has 1 aromatic carbocycles. The molecule has 2 rings (SSSR count). The lowest BCUT2D eigenvalue weighted by atomic mass is 10.0. The van der Waals surface area contributed by atoms with Crippen molar-refractivity contribution < 1.29 is 0 Å². The van der Waals surface area contributed by atoms with Gasteiger partial charge in [-0.25, -0.2) is 0 Å². The lowest BCUT2D eigenvalue weighted by Gasteiger charge is -2.09. The van der Waals surface area contributed by atoms with Crippen molar-refractivity contribution in [1.29, 1.82) is 0 Å². The number of aromatic amines is 1. The number of aromatic nitrogens is 1. The van der Waals surface area contributed by atoms with E-state index in [-0.39, 0.29) is 0 Å². The number of rotatable bonds is 4. The number of nitrogens with one attached hydrogen (secondary N) is 1. The van der Waals surface area contributed by atoms with Gasteiger partial charge in [0.25, 0.3) is 0 Å². The lowest BCUT2D eigenvalue weighted by molar-refractivity contribution is 1.08. The number of hydrogen-bond acceptors (Lipinski definition) is 1. The highest BCUT2D eigenvalue weighted by Gasteiger charge is 2.06. The van der Waals surface area contributed by atoms with Crippen molar-refractivity contribution in [3.63, 3.8) is 0 Å². The third-order valence-corrected chi connectivity index (χ3v) is 3.23. The molecule has 18 heavy (non-hydrogen) atoms. The molecule has 1 aromatic heterocycles. The molecule has 0 aliphatic heterocycles. The molecule has 2 aromatic rings. The Morgan fingerprint density at radius 2 is 1.72 bits per heavy atom. The van der Waals surface area contributed by atoms with Crippen LogP contribution in [-0.2, 0) is 12.8 Å². The molecular formula is C16H20N2. The van der Waals surface area contributed by atoms with Gasteiger partial charge in [-0.15, -0.1) is 0 Å². The Hall–Kier alpha value is -1.83. The standard InChI is InChI=1S/C16H20N2/c1-4-13-8-6-9-14(5-2)16(13)18-12(3)15-10-7-11-17-15/h6-11,17H,4-5H2,1-3H3. The summed E-state index contributed by atoms with van der Waals surface area (Å²) in [5.74, 6) is 0. The van der Waals surface area contributed by atoms with Crippen molar-refractivity contribution >= 4 is 11.4 Å². The number of nitrogens with zero attached hydrogens (tertiary/aromatic N) is 1. The fraction of sp³-hybridized carbons (Fsp3) is 0.312. The zero-order valence-corrected chi connectivity index (χ0v) is 11.3. The molecule has 0 saturated carbocycles. The van der Waals surface area contributed by atoms with E-state index in [1.807, 2.05) is 12.3 Å². The molecule has 0 unspecified atom stereocenters. The Morgan fingerprint density at radius 1 is 1.06 bits per heavy atom. The van der Waals surface area contributed by atoms with Crippen molar-refractivity contribution in [3.8, 4) is 0 Å². The van der Waals surface area contributed by atoms with Crippen LogP contribution in [0.15, 0.2) is 41.5 Å². The second kappa shape index (κ2) is 5.67. The Morgan fingerprint density at radius 3 is 2.22 bits per heavy atom. The summed E-state index contributed by atoms with van der Waals surface area (Å²) in [5.41, 5.74) is 5.91. The second-order valence-electron chi connectivity index (χ2n) is 4.41. The van der Waals surface area contributed by atoms with Gasteiger partial charge in [-0.05, 0) is 43.0 Å². The quantitative estimate of drug-likeness (QED) is 0.773. The molecule has 2 nitrogen and oxygen atoms in total. The fourth-order valence-electron chi connectivity index (χ4n) is 2.14. The molecule has 0 radical (unpaired) electrons. The summed E-state index contributed by atoms with van der Waals surface area (Å²) in [5, 5.41) is 0. The molecule has 2 heteroatoms. The normalized spacial score (nSPS) is 11.8. The van der Waals surface area contributed by atoms with E-state index in [0.717, 1.165) is 29.9 Å². The maximum absolute atomic E-state index is 4.83. The first-order chi connectivity index (χ1) is 8.76. The van der Waals surface area contributed by atoms with Crippen LogP contribution in [-0.4, -0.2) is 10.7 Å². The summed E-state index contributed by atoms with van der Waals surface area (Å²) in [6.07, 6.45) is 3.97. The smallest absolute Gasteiger partial charge is 0.0697 e. The third-order valence-electron chi connectivity index (χ3n) is 3.23. The van der Waals surface area contributed by atoms with Crippen molar-refractivity contribution in [2.24, 2.45) is 4.99 Å². The Kier molecular flexibility index (Phi) is 3.98. The van der Waals surface area contributed by atoms with Crippen LogP contribution in [0.5, 0.6) is 0 Å². The van der Waals surface area contributed by atoms with Crippen molar-refractivity contribution in [2.45, 2.75) is 33.6 Å². The van der Waals surface area contributed by atoms with E-state index in [1.54, 1.807) is 0 Å². The minimum atomic E-state index is 1.02. The highest BCUT2D eigenvalue weighted by Crippen LogP contribution is 2.26. The first-order valence-electron chi connectivity index (χ1n) is 6.56. The zero-order valence-electron chi connectivity index (χ0n) is 11.3. The topological polar surface area (TPSA) is 28.1 Å². The van der Waals surface area contributed by atoms with E-state index in [4.69, 9.17) is 4.99 Å². The maximum atomic E-state index is 4.83. The van der Waals surface area contributed by atoms with E-state index in [0.29, 0.717) is 0 Å². The molecular weight excluding hydrogens is 220 g/mol. The van der Waals surface area contributed by atoms with Crippen LogP contribution in [0.1, 0.15) is 37.6 Å². The molecule has 0 spiro atoms. The molecule has 0 fully saturated rings. The minimum Gasteiger partial charge on any atom is -0.360 e. The van der Waals surface area contributed by atoms with Gasteiger partial charge in [-0.1, -0.05) is 32.0 Å². The van der Waals surface area contributed by atoms with Gasteiger partial charge in [0.1, 0.15) is 0 Å². The van der Waals surface area contributed by atoms with Crippen LogP contribution in [0.3, 0.4) is 0 Å². The minimum absolute atomic E-state index is 1.02. The Balaban J connectivity index is 2.47. The molecule has 0 saturated heterocycles. The van der Waals surface area contributed by atoms with Crippen LogP contribution >= 0.6 is 0 Å². The third kappa shape index (κ3) is 2.53. The average Bonchev–Trinajstić information content (AvgIpc) is 2.93. The summed E-state index contributed by atoms with van der Waals surface area (Å²) in [7, 11) is 0. The van der Waals surface area contributed by atoms with Crippen LogP contribution < -0.4 is 0 Å². The average molecular weight is 240 g/mol. The number of para-hydroxylation sites is 1. The molecule has 1 heterocycles. The lowest BCUT2D eigenvalue weighted by Crippen LogP contribution is -1.96. The fourth-order valence-corrected chi connectivity index (χ4v) is 2.14. The summed E-state index contributed by atoms with van der Waals surface area (Å²) in [4.78, 5) is 8.03. The van der Waals surface area contributed by atoms with E-state index in [1.165, 1.54) is 11.1 Å². The van der Waals surface area contributed by atoms with Gasteiger partial charge >= 0.3 is 0 Å². The summed E-state index contributed by atoms with van der Waals surface area (Å²) < 4.78 is 0. The predicted octanol–water partition coefficient (Wildman–Crippen LogP) is 4.28. The molecule has 0 bridgehead atoms. The summed E-state index contributed by atoms with van der Waals surface area (Å²) >= 11 is 0. The molecule has 1 N–H and O–H groups in total. The van der Waals surface area contributed by atoms with Gasteiger partial charge < -0.3 is 4.98 Å². The van der Waals surface area contributed by atoms with E-state index >= 15 is 0 Å². The predicted molar refractivity (Wildman–Crippen MR) is 77.9 cm³/mol. The van der Waals surface area contributed by atoms with Crippen LogP contribution in [0.25, 0.3) is 0 Å². The molecule has 0 aliphatic carbocycles. The van der Waals surface area contributed by atoms with Crippen LogP contribution in [0, 0.1) is 0 Å². The number of aryl methyl sites for hydroxylation is 2. The van der Waals surface area contributed by atoms with Crippen LogP contribution in [0.2, 0.25) is 0 Å². The van der Waals surface area contributed by atoms with Crippen molar-refractivity contribution in [1.82, 2.24) is 4.98 Å². The van der Waals surface area contributed by atoms with Crippen molar-refractivity contribution in [3.05, 3.63) is 53.3 Å². The monoisotopic (exact) mass is 240 g/mol. The number of hydrogen-bond donors (Lipinski definition) is 1. The van der Waals surface area contributed by atoms with Gasteiger partial charge in [-0.2, -0.15) is 0 Å². The van der Waals surface area contributed by atoms with Gasteiger partial charge in [0.15, 0.2) is 0 Å². The number of aliphatic imine (C=N–C) groups is 1. The molecule has 94 valence electrons. The molecule has 0 amide bonds. The van der Waals surface area contributed by atoms with Gasteiger partial charge in [-0.3, -0.25) is 4.99 Å². The molecule has 0 aliphatic rings. The van der Waals surface area contributed by atoms with E-state index < -0.39 is 0 Å². The Labute approximate surface area is 109 Å². The van der Waals surface area contributed by atoms with Crippen molar-refractivity contribution in [2.75, 3.05) is 0 Å². The second-order valence-corrected chi connectivity index (χ2v) is 4.41. The van der Waals surface area contributed by atoms with E-state index in [2.05, 4.69) is 50.0 Å². The zero-order chi connectivity index (χ0) is 13.0. The number of benzene rings is 1. The van der Waals surface area contributed by atoms with Gasteiger partial charge in [0.05, 0.1) is 17.1 Å². The highest BCUT2D eigenvalue weighted by atomic mass is 14.8. The van der Waals surface area contributed by atoms with Crippen LogP contribution in [0.4, 0.5) is 5.69 Å². The number of H-pyrrole nitrogens is 1. The molecule has 0 atom stereocenters. The largest absolute Gasteiger partial charge is 0.360 e. The van der Waals surface area contributed by atoms with Gasteiger partial charge in [0, 0.05) is 6.20 Å². The highest BCUT2D eigenvalue weighted by molar-refractivity contribution is 5.99. The summed E-state index contributed by atoms with van der Waals surface area (Å²) in [6, 6.07) is 10.5. The maximum Gasteiger partial charge on any atom is 0.0697 e.